The Morgan fingerprint density at radius 2 is 0.936 bits per heavy atom. The first-order valence-corrected chi connectivity index (χ1v) is 16.0. The molecular formula is C44H28N2O. The van der Waals surface area contributed by atoms with Crippen LogP contribution in [0.5, 0.6) is 0 Å². The summed E-state index contributed by atoms with van der Waals surface area (Å²) in [6.45, 7) is 0. The zero-order valence-electron chi connectivity index (χ0n) is 25.5. The lowest BCUT2D eigenvalue weighted by Gasteiger charge is -2.27. The van der Waals surface area contributed by atoms with Gasteiger partial charge in [-0.1, -0.05) is 121 Å². The Kier molecular flexibility index (Phi) is 5.57. The van der Waals surface area contributed by atoms with Crippen molar-refractivity contribution >= 4 is 82.4 Å². The average molecular weight is 601 g/mol. The molecule has 0 aliphatic carbocycles. The van der Waals surface area contributed by atoms with Crippen molar-refractivity contribution in [2.75, 3.05) is 4.90 Å². The summed E-state index contributed by atoms with van der Waals surface area (Å²) in [5, 5.41) is 9.39. The van der Waals surface area contributed by atoms with Gasteiger partial charge in [0.15, 0.2) is 5.58 Å². The highest BCUT2D eigenvalue weighted by Crippen LogP contribution is 2.45. The molecule has 10 aromatic rings. The van der Waals surface area contributed by atoms with Gasteiger partial charge in [0.1, 0.15) is 5.58 Å². The molecule has 0 bridgehead atoms. The second-order valence-electron chi connectivity index (χ2n) is 12.1. The fourth-order valence-electron chi connectivity index (χ4n) is 7.47. The van der Waals surface area contributed by atoms with Crippen LogP contribution >= 0.6 is 0 Å². The lowest BCUT2D eigenvalue weighted by Crippen LogP contribution is -2.11. The van der Waals surface area contributed by atoms with Gasteiger partial charge < -0.3 is 13.9 Å². The van der Waals surface area contributed by atoms with Crippen LogP contribution in [0, 0.1) is 0 Å². The van der Waals surface area contributed by atoms with Crippen LogP contribution in [-0.4, -0.2) is 4.57 Å². The van der Waals surface area contributed by atoms with Crippen LogP contribution in [-0.2, 0) is 0 Å². The number of hydrogen-bond acceptors (Lipinski definition) is 2. The predicted molar refractivity (Wildman–Crippen MR) is 198 cm³/mol. The summed E-state index contributed by atoms with van der Waals surface area (Å²) in [7, 11) is 0. The van der Waals surface area contributed by atoms with Gasteiger partial charge in [-0.25, -0.2) is 0 Å². The lowest BCUT2D eigenvalue weighted by atomic mass is 10.0. The Bertz CT molecular complexity index is 2760. The summed E-state index contributed by atoms with van der Waals surface area (Å²) < 4.78 is 9.28. The van der Waals surface area contributed by atoms with Crippen LogP contribution < -0.4 is 4.90 Å². The van der Waals surface area contributed by atoms with Crippen LogP contribution in [0.25, 0.3) is 71.0 Å². The molecule has 0 atom stereocenters. The van der Waals surface area contributed by atoms with Crippen LogP contribution in [0.1, 0.15) is 0 Å². The molecule has 0 saturated heterocycles. The standard InChI is InChI=1S/C44H28N2O/c1-3-17-33-29(12-1)14-9-24-39(33)46(42-25-11-21-37-38-27-26-30-13-2-4-18-34(30)43(38)47-44(37)42)32-16-10-15-31(28-32)45-40-22-7-5-19-35(40)36-20-6-8-23-41(36)45/h1-28H. The van der Waals surface area contributed by atoms with Gasteiger partial charge in [-0.15, -0.1) is 0 Å². The molecule has 0 spiro atoms. The molecule has 3 nitrogen and oxygen atoms in total. The van der Waals surface area contributed by atoms with E-state index >= 15 is 0 Å². The van der Waals surface area contributed by atoms with Crippen molar-refractivity contribution in [3.8, 4) is 5.69 Å². The van der Waals surface area contributed by atoms with Crippen LogP contribution in [0.2, 0.25) is 0 Å². The number of aromatic nitrogens is 1. The van der Waals surface area contributed by atoms with E-state index in [1.165, 1.54) is 38.0 Å². The molecule has 3 heteroatoms. The van der Waals surface area contributed by atoms with Gasteiger partial charge in [0.05, 0.1) is 22.4 Å². The maximum Gasteiger partial charge on any atom is 0.159 e. The van der Waals surface area contributed by atoms with Crippen molar-refractivity contribution < 1.29 is 4.42 Å². The van der Waals surface area contributed by atoms with Crippen LogP contribution in [0.3, 0.4) is 0 Å². The number of furan rings is 1. The summed E-state index contributed by atoms with van der Waals surface area (Å²) in [5.41, 5.74) is 8.42. The number of nitrogens with zero attached hydrogens (tertiary/aromatic N) is 2. The van der Waals surface area contributed by atoms with Crippen LogP contribution in [0.4, 0.5) is 17.1 Å². The number of hydrogen-bond donors (Lipinski definition) is 0. The van der Waals surface area contributed by atoms with Crippen molar-refractivity contribution in [3.05, 3.63) is 170 Å². The molecule has 0 fully saturated rings. The molecule has 0 aliphatic heterocycles. The number of benzene rings is 8. The third kappa shape index (κ3) is 3.87. The second kappa shape index (κ2) is 10.1. The first kappa shape index (κ1) is 26.0. The minimum atomic E-state index is 0.869. The molecule has 8 aromatic carbocycles. The van der Waals surface area contributed by atoms with E-state index in [4.69, 9.17) is 4.42 Å². The minimum absolute atomic E-state index is 0.869. The molecule has 2 heterocycles. The van der Waals surface area contributed by atoms with Crippen molar-refractivity contribution in [1.29, 1.82) is 0 Å². The van der Waals surface area contributed by atoms with E-state index in [1.54, 1.807) is 0 Å². The van der Waals surface area contributed by atoms with Crippen molar-refractivity contribution in [1.82, 2.24) is 4.57 Å². The van der Waals surface area contributed by atoms with E-state index in [0.29, 0.717) is 0 Å². The Balaban J connectivity index is 1.28. The maximum atomic E-state index is 6.90. The Morgan fingerprint density at radius 3 is 1.72 bits per heavy atom. The topological polar surface area (TPSA) is 21.3 Å². The lowest BCUT2D eigenvalue weighted by molar-refractivity contribution is 0.673. The van der Waals surface area contributed by atoms with Gasteiger partial charge in [0.2, 0.25) is 0 Å². The number of para-hydroxylation sites is 3. The van der Waals surface area contributed by atoms with Crippen molar-refractivity contribution in [2.45, 2.75) is 0 Å². The molecule has 220 valence electrons. The quantitative estimate of drug-likeness (QED) is 0.200. The van der Waals surface area contributed by atoms with E-state index in [1.807, 2.05) is 0 Å². The van der Waals surface area contributed by atoms with Gasteiger partial charge in [0, 0.05) is 43.7 Å². The highest BCUT2D eigenvalue weighted by atomic mass is 16.3. The molecule has 0 unspecified atom stereocenters. The fraction of sp³-hybridized carbons (Fsp3) is 0. The predicted octanol–water partition coefficient (Wildman–Crippen LogP) is 12.5. The molecule has 0 radical (unpaired) electrons. The fourth-order valence-corrected chi connectivity index (χ4v) is 7.47. The summed E-state index contributed by atoms with van der Waals surface area (Å²) in [6.07, 6.45) is 0. The van der Waals surface area contributed by atoms with Gasteiger partial charge in [-0.3, -0.25) is 0 Å². The first-order valence-electron chi connectivity index (χ1n) is 16.0. The third-order valence-corrected chi connectivity index (χ3v) is 9.54. The van der Waals surface area contributed by atoms with E-state index in [-0.39, 0.29) is 0 Å². The number of fused-ring (bicyclic) bond motifs is 9. The van der Waals surface area contributed by atoms with Crippen LogP contribution in [0.15, 0.2) is 174 Å². The van der Waals surface area contributed by atoms with Crippen molar-refractivity contribution in [3.63, 3.8) is 0 Å². The summed E-state index contributed by atoms with van der Waals surface area (Å²) in [4.78, 5) is 2.37. The van der Waals surface area contributed by atoms with E-state index in [0.717, 1.165) is 50.1 Å². The largest absolute Gasteiger partial charge is 0.453 e. The first-order chi connectivity index (χ1) is 23.3. The monoisotopic (exact) mass is 600 g/mol. The zero-order chi connectivity index (χ0) is 30.9. The summed E-state index contributed by atoms with van der Waals surface area (Å²) in [6, 6.07) is 60.7. The van der Waals surface area contributed by atoms with E-state index in [9.17, 15) is 0 Å². The van der Waals surface area contributed by atoms with E-state index < -0.39 is 0 Å². The van der Waals surface area contributed by atoms with Gasteiger partial charge in [-0.05, 0) is 59.3 Å². The number of anilines is 3. The smallest absolute Gasteiger partial charge is 0.159 e. The summed E-state index contributed by atoms with van der Waals surface area (Å²) in [5.74, 6) is 0. The second-order valence-corrected chi connectivity index (χ2v) is 12.1. The third-order valence-electron chi connectivity index (χ3n) is 9.54. The van der Waals surface area contributed by atoms with Crippen molar-refractivity contribution in [2.24, 2.45) is 0 Å². The van der Waals surface area contributed by atoms with E-state index in [2.05, 4.69) is 179 Å². The minimum Gasteiger partial charge on any atom is -0.453 e. The highest BCUT2D eigenvalue weighted by molar-refractivity contribution is 6.18. The molecule has 0 saturated carbocycles. The summed E-state index contributed by atoms with van der Waals surface area (Å²) >= 11 is 0. The normalized spacial score (nSPS) is 11.8. The molecule has 10 rings (SSSR count). The Labute approximate surface area is 271 Å². The van der Waals surface area contributed by atoms with Gasteiger partial charge in [0.25, 0.3) is 0 Å². The molecule has 2 aromatic heterocycles. The molecule has 47 heavy (non-hydrogen) atoms. The molecule has 0 amide bonds. The maximum absolute atomic E-state index is 6.90. The Hall–Kier alpha value is -6.32. The molecule has 0 aliphatic rings. The molecular weight excluding hydrogens is 572 g/mol. The Morgan fingerprint density at radius 1 is 0.383 bits per heavy atom. The highest BCUT2D eigenvalue weighted by Gasteiger charge is 2.22. The molecule has 0 N–H and O–H groups in total. The van der Waals surface area contributed by atoms with Gasteiger partial charge >= 0.3 is 0 Å². The SMILES string of the molecule is c1cc(N(c2cccc3ccccc23)c2cccc3c2oc2c4ccccc4ccc32)cc(-n2c3ccccc3c3ccccc32)c1. The number of rotatable bonds is 4. The zero-order valence-corrected chi connectivity index (χ0v) is 25.5. The van der Waals surface area contributed by atoms with Gasteiger partial charge in [-0.2, -0.15) is 0 Å². The average Bonchev–Trinajstić information content (AvgIpc) is 3.69.